The molecule has 0 saturated heterocycles. The summed E-state index contributed by atoms with van der Waals surface area (Å²) < 4.78 is 19.2. The van der Waals surface area contributed by atoms with E-state index in [9.17, 15) is 4.39 Å². The van der Waals surface area contributed by atoms with Gasteiger partial charge in [-0.3, -0.25) is 0 Å². The number of ether oxygens (including phenoxy) is 1. The number of halogens is 3. The summed E-state index contributed by atoms with van der Waals surface area (Å²) in [6, 6.07) is 4.41. The van der Waals surface area contributed by atoms with Gasteiger partial charge < -0.3 is 4.74 Å². The molecule has 0 saturated carbocycles. The predicted octanol–water partition coefficient (Wildman–Crippen LogP) is 5.08. The monoisotopic (exact) mass is 358 g/mol. The van der Waals surface area contributed by atoms with Gasteiger partial charge in [0.15, 0.2) is 0 Å². The SMILES string of the molecule is CCCc1nc(Cl)c(C)c(Oc2ccc(F)c(Br)c2)n1. The molecule has 1 aromatic heterocycles. The van der Waals surface area contributed by atoms with Crippen LogP contribution in [0.3, 0.4) is 0 Å². The maximum absolute atomic E-state index is 13.2. The van der Waals surface area contributed by atoms with Crippen molar-refractivity contribution in [2.24, 2.45) is 0 Å². The Hall–Kier alpha value is -1.20. The van der Waals surface area contributed by atoms with Crippen molar-refractivity contribution in [3.8, 4) is 11.6 Å². The van der Waals surface area contributed by atoms with Crippen LogP contribution in [0.25, 0.3) is 0 Å². The van der Waals surface area contributed by atoms with Gasteiger partial charge in [0, 0.05) is 12.0 Å². The Morgan fingerprint density at radius 1 is 1.35 bits per heavy atom. The average Bonchev–Trinajstić information content (AvgIpc) is 2.40. The molecule has 2 rings (SSSR count). The van der Waals surface area contributed by atoms with E-state index >= 15 is 0 Å². The fourth-order valence-corrected chi connectivity index (χ4v) is 2.13. The Labute approximate surface area is 130 Å². The first kappa shape index (κ1) is 15.2. The molecule has 2 aromatic rings. The highest BCUT2D eigenvalue weighted by Crippen LogP contribution is 2.29. The van der Waals surface area contributed by atoms with Crippen molar-refractivity contribution >= 4 is 27.5 Å². The molecule has 106 valence electrons. The summed E-state index contributed by atoms with van der Waals surface area (Å²) in [5, 5.41) is 0.375. The van der Waals surface area contributed by atoms with Crippen molar-refractivity contribution in [2.45, 2.75) is 26.7 Å². The lowest BCUT2D eigenvalue weighted by atomic mass is 10.3. The van der Waals surface area contributed by atoms with E-state index in [1.165, 1.54) is 12.1 Å². The third kappa shape index (κ3) is 3.46. The smallest absolute Gasteiger partial charge is 0.226 e. The number of benzene rings is 1. The van der Waals surface area contributed by atoms with Crippen molar-refractivity contribution in [2.75, 3.05) is 0 Å². The van der Waals surface area contributed by atoms with E-state index in [0.717, 1.165) is 12.8 Å². The summed E-state index contributed by atoms with van der Waals surface area (Å²) in [5.41, 5.74) is 0.659. The van der Waals surface area contributed by atoms with Gasteiger partial charge >= 0.3 is 0 Å². The molecule has 0 bridgehead atoms. The third-order valence-corrected chi connectivity index (χ3v) is 3.64. The van der Waals surface area contributed by atoms with Gasteiger partial charge in [-0.2, -0.15) is 4.98 Å². The van der Waals surface area contributed by atoms with Crippen LogP contribution in [0, 0.1) is 12.7 Å². The second kappa shape index (κ2) is 6.50. The molecule has 0 aliphatic carbocycles. The fraction of sp³-hybridized carbons (Fsp3) is 0.286. The summed E-state index contributed by atoms with van der Waals surface area (Å²) >= 11 is 9.19. The molecule has 0 radical (unpaired) electrons. The molecule has 0 aliphatic rings. The summed E-state index contributed by atoms with van der Waals surface area (Å²) in [6.45, 7) is 3.82. The molecule has 1 aromatic carbocycles. The van der Waals surface area contributed by atoms with Crippen molar-refractivity contribution in [3.05, 3.63) is 45.0 Å². The van der Waals surface area contributed by atoms with Crippen LogP contribution in [-0.2, 0) is 6.42 Å². The molecule has 1 heterocycles. The highest BCUT2D eigenvalue weighted by atomic mass is 79.9. The van der Waals surface area contributed by atoms with E-state index in [4.69, 9.17) is 16.3 Å². The first-order valence-corrected chi connectivity index (χ1v) is 7.34. The topological polar surface area (TPSA) is 35.0 Å². The molecule has 6 heteroatoms. The standard InChI is InChI=1S/C14H13BrClFN2O/c1-3-4-12-18-13(16)8(2)14(19-12)20-9-5-6-11(17)10(15)7-9/h5-7H,3-4H2,1-2H3. The molecule has 0 amide bonds. The Bertz CT molecular complexity index is 637. The summed E-state index contributed by atoms with van der Waals surface area (Å²) in [6.07, 6.45) is 1.64. The second-order valence-electron chi connectivity index (χ2n) is 4.29. The van der Waals surface area contributed by atoms with Crippen LogP contribution in [0.15, 0.2) is 22.7 Å². The number of hydrogen-bond acceptors (Lipinski definition) is 3. The molecular weight excluding hydrogens is 347 g/mol. The Balaban J connectivity index is 2.34. The maximum Gasteiger partial charge on any atom is 0.226 e. The zero-order valence-corrected chi connectivity index (χ0v) is 13.4. The highest BCUT2D eigenvalue weighted by Gasteiger charge is 2.12. The van der Waals surface area contributed by atoms with Gasteiger partial charge in [0.1, 0.15) is 22.5 Å². The van der Waals surface area contributed by atoms with Crippen LogP contribution in [-0.4, -0.2) is 9.97 Å². The van der Waals surface area contributed by atoms with Gasteiger partial charge in [0.2, 0.25) is 5.88 Å². The van der Waals surface area contributed by atoms with Crippen LogP contribution >= 0.6 is 27.5 Å². The zero-order valence-electron chi connectivity index (χ0n) is 11.1. The number of aromatic nitrogens is 2. The summed E-state index contributed by atoms with van der Waals surface area (Å²) in [5.74, 6) is 1.17. The maximum atomic E-state index is 13.2. The Morgan fingerprint density at radius 2 is 2.10 bits per heavy atom. The van der Waals surface area contributed by atoms with E-state index in [-0.39, 0.29) is 5.82 Å². The van der Waals surface area contributed by atoms with Gasteiger partial charge in [-0.1, -0.05) is 18.5 Å². The molecule has 0 aliphatic heterocycles. The van der Waals surface area contributed by atoms with E-state index in [2.05, 4.69) is 25.9 Å². The Kier molecular flexibility index (Phi) is 4.94. The lowest BCUT2D eigenvalue weighted by molar-refractivity contribution is 0.452. The van der Waals surface area contributed by atoms with Crippen LogP contribution in [0.5, 0.6) is 11.6 Å². The van der Waals surface area contributed by atoms with Crippen molar-refractivity contribution in [3.63, 3.8) is 0 Å². The first-order valence-electron chi connectivity index (χ1n) is 6.17. The molecule has 0 spiro atoms. The molecule has 20 heavy (non-hydrogen) atoms. The van der Waals surface area contributed by atoms with Gasteiger partial charge in [0.05, 0.1) is 4.47 Å². The van der Waals surface area contributed by atoms with Gasteiger partial charge in [-0.05, 0) is 47.5 Å². The van der Waals surface area contributed by atoms with E-state index in [0.29, 0.717) is 32.6 Å². The van der Waals surface area contributed by atoms with Gasteiger partial charge in [-0.15, -0.1) is 0 Å². The number of rotatable bonds is 4. The lowest BCUT2D eigenvalue weighted by Crippen LogP contribution is -2.01. The van der Waals surface area contributed by atoms with E-state index in [1.54, 1.807) is 13.0 Å². The van der Waals surface area contributed by atoms with E-state index in [1.807, 2.05) is 6.92 Å². The molecular formula is C14H13BrClFN2O. The molecule has 0 unspecified atom stereocenters. The van der Waals surface area contributed by atoms with Crippen molar-refractivity contribution in [1.82, 2.24) is 9.97 Å². The van der Waals surface area contributed by atoms with Crippen LogP contribution < -0.4 is 4.74 Å². The average molecular weight is 360 g/mol. The van der Waals surface area contributed by atoms with Crippen LogP contribution in [0.2, 0.25) is 5.15 Å². The number of hydrogen-bond donors (Lipinski definition) is 0. The van der Waals surface area contributed by atoms with Gasteiger partial charge in [-0.25, -0.2) is 9.37 Å². The quantitative estimate of drug-likeness (QED) is 0.714. The molecule has 0 atom stereocenters. The third-order valence-electron chi connectivity index (χ3n) is 2.67. The minimum atomic E-state index is -0.346. The molecule has 0 N–H and O–H groups in total. The van der Waals surface area contributed by atoms with E-state index < -0.39 is 0 Å². The minimum Gasteiger partial charge on any atom is -0.439 e. The second-order valence-corrected chi connectivity index (χ2v) is 5.50. The zero-order chi connectivity index (χ0) is 14.7. The lowest BCUT2D eigenvalue weighted by Gasteiger charge is -2.10. The Morgan fingerprint density at radius 3 is 2.75 bits per heavy atom. The van der Waals surface area contributed by atoms with Crippen LogP contribution in [0.4, 0.5) is 4.39 Å². The normalized spacial score (nSPS) is 10.7. The fourth-order valence-electron chi connectivity index (χ4n) is 1.60. The van der Waals surface area contributed by atoms with Crippen LogP contribution in [0.1, 0.15) is 24.7 Å². The minimum absolute atomic E-state index is 0.335. The molecule has 0 fully saturated rings. The van der Waals surface area contributed by atoms with Crippen molar-refractivity contribution in [1.29, 1.82) is 0 Å². The largest absolute Gasteiger partial charge is 0.439 e. The highest BCUT2D eigenvalue weighted by molar-refractivity contribution is 9.10. The first-order chi connectivity index (χ1) is 9.51. The number of nitrogens with zero attached hydrogens (tertiary/aromatic N) is 2. The summed E-state index contributed by atoms with van der Waals surface area (Å²) in [7, 11) is 0. The van der Waals surface area contributed by atoms with Gasteiger partial charge in [0.25, 0.3) is 0 Å². The predicted molar refractivity (Wildman–Crippen MR) is 79.9 cm³/mol. The van der Waals surface area contributed by atoms with Crippen molar-refractivity contribution < 1.29 is 9.13 Å². The summed E-state index contributed by atoms with van der Waals surface area (Å²) in [4.78, 5) is 8.54. The molecule has 3 nitrogen and oxygen atoms in total. The number of aryl methyl sites for hydroxylation is 1.